The van der Waals surface area contributed by atoms with Crippen LogP contribution in [0.5, 0.6) is 0 Å². The maximum atomic E-state index is 5.18. The number of imidazole rings is 1. The summed E-state index contributed by atoms with van der Waals surface area (Å²) >= 11 is 0. The van der Waals surface area contributed by atoms with Crippen LogP contribution in [0.2, 0.25) is 0 Å². The maximum Gasteiger partial charge on any atom is 0.141 e. The average molecular weight is 426 g/mol. The van der Waals surface area contributed by atoms with Crippen molar-refractivity contribution in [2.24, 2.45) is 0 Å². The molecule has 0 unspecified atom stereocenters. The Kier molecular flexibility index (Phi) is 6.10. The molecular weight excluding hydrogens is 390 g/mol. The Morgan fingerprint density at radius 2 is 1.53 bits per heavy atom. The van der Waals surface area contributed by atoms with Crippen LogP contribution in [0.25, 0.3) is 22.4 Å². The van der Waals surface area contributed by atoms with Crippen LogP contribution in [-0.2, 0) is 12.0 Å². The highest BCUT2D eigenvalue weighted by molar-refractivity contribution is 5.93. The molecule has 0 amide bonds. The Balaban J connectivity index is 1.84. The first-order chi connectivity index (χ1) is 15.3. The van der Waals surface area contributed by atoms with Gasteiger partial charge in [-0.3, -0.25) is 0 Å². The number of para-hydroxylation sites is 2. The van der Waals surface area contributed by atoms with Crippen molar-refractivity contribution in [1.82, 2.24) is 9.55 Å². The Morgan fingerprint density at radius 3 is 2.16 bits per heavy atom. The maximum absolute atomic E-state index is 5.18. The van der Waals surface area contributed by atoms with Crippen LogP contribution in [0.3, 0.4) is 0 Å². The van der Waals surface area contributed by atoms with Crippen molar-refractivity contribution in [3.05, 3.63) is 77.4 Å². The van der Waals surface area contributed by atoms with Gasteiger partial charge in [0.1, 0.15) is 11.3 Å². The summed E-state index contributed by atoms with van der Waals surface area (Å²) < 4.78 is 2.39. The molecule has 4 aromatic rings. The summed E-state index contributed by atoms with van der Waals surface area (Å²) in [4.78, 5) is 5.18. The first-order valence-corrected chi connectivity index (χ1v) is 11.7. The van der Waals surface area contributed by atoms with Crippen LogP contribution in [-0.4, -0.2) is 9.55 Å². The molecule has 3 aromatic carbocycles. The second-order valence-corrected chi connectivity index (χ2v) is 9.83. The summed E-state index contributed by atoms with van der Waals surface area (Å²) in [5.41, 5.74) is 9.57. The third-order valence-electron chi connectivity index (χ3n) is 6.26. The molecule has 0 bridgehead atoms. The van der Waals surface area contributed by atoms with Gasteiger partial charge in [0.2, 0.25) is 0 Å². The summed E-state index contributed by atoms with van der Waals surface area (Å²) in [6.45, 7) is 14.3. The largest absolute Gasteiger partial charge is 0.353 e. The van der Waals surface area contributed by atoms with Crippen molar-refractivity contribution >= 4 is 22.4 Å². The number of aryl methyl sites for hydroxylation is 3. The van der Waals surface area contributed by atoms with E-state index in [4.69, 9.17) is 4.98 Å². The van der Waals surface area contributed by atoms with E-state index in [0.29, 0.717) is 0 Å². The zero-order valence-corrected chi connectivity index (χ0v) is 20.3. The number of aromatic nitrogens is 2. The van der Waals surface area contributed by atoms with E-state index in [2.05, 4.69) is 112 Å². The van der Waals surface area contributed by atoms with Crippen LogP contribution in [0.4, 0.5) is 11.4 Å². The predicted molar refractivity (Wildman–Crippen MR) is 138 cm³/mol. The van der Waals surface area contributed by atoms with Gasteiger partial charge in [0.15, 0.2) is 0 Å². The molecule has 0 radical (unpaired) electrons. The molecule has 0 aliphatic rings. The van der Waals surface area contributed by atoms with Gasteiger partial charge in [0, 0.05) is 17.8 Å². The third-order valence-corrected chi connectivity index (χ3v) is 6.26. The van der Waals surface area contributed by atoms with Crippen molar-refractivity contribution < 1.29 is 0 Å². The number of fused-ring (bicyclic) bond motifs is 1. The highest BCUT2D eigenvalue weighted by Gasteiger charge is 2.18. The van der Waals surface area contributed by atoms with Gasteiger partial charge in [-0.15, -0.1) is 0 Å². The van der Waals surface area contributed by atoms with E-state index in [1.807, 2.05) is 0 Å². The minimum Gasteiger partial charge on any atom is -0.353 e. The molecule has 3 nitrogen and oxygen atoms in total. The second-order valence-electron chi connectivity index (χ2n) is 9.83. The van der Waals surface area contributed by atoms with Gasteiger partial charge in [-0.2, -0.15) is 0 Å². The quantitative estimate of drug-likeness (QED) is 0.338. The number of benzene rings is 3. The fourth-order valence-electron chi connectivity index (χ4n) is 4.28. The normalized spacial score (nSPS) is 11.8. The highest BCUT2D eigenvalue weighted by Crippen LogP contribution is 2.34. The molecule has 0 aliphatic heterocycles. The summed E-state index contributed by atoms with van der Waals surface area (Å²) in [5, 5.41) is 3.68. The summed E-state index contributed by atoms with van der Waals surface area (Å²) in [6, 6.07) is 21.8. The fourth-order valence-corrected chi connectivity index (χ4v) is 4.28. The summed E-state index contributed by atoms with van der Waals surface area (Å²) in [7, 11) is 0. The van der Waals surface area contributed by atoms with Gasteiger partial charge in [0.25, 0.3) is 0 Å². The van der Waals surface area contributed by atoms with Crippen molar-refractivity contribution in [1.29, 1.82) is 0 Å². The fraction of sp³-hybridized carbons (Fsp3) is 0.345. The van der Waals surface area contributed by atoms with Gasteiger partial charge in [-0.25, -0.2) is 4.98 Å². The lowest BCUT2D eigenvalue weighted by atomic mass is 9.87. The van der Waals surface area contributed by atoms with Gasteiger partial charge >= 0.3 is 0 Å². The monoisotopic (exact) mass is 425 g/mol. The van der Waals surface area contributed by atoms with Crippen molar-refractivity contribution in [3.8, 4) is 11.4 Å². The molecule has 0 atom stereocenters. The van der Waals surface area contributed by atoms with Crippen LogP contribution in [0, 0.1) is 13.8 Å². The first kappa shape index (κ1) is 22.1. The number of nitrogens with one attached hydrogen (secondary N) is 1. The van der Waals surface area contributed by atoms with E-state index >= 15 is 0 Å². The zero-order valence-electron chi connectivity index (χ0n) is 20.3. The molecule has 0 saturated heterocycles. The number of hydrogen-bond acceptors (Lipinski definition) is 2. The standard InChI is InChI=1S/C29H35N3/c1-7-8-19-32-25-14-10-13-24(30-26-20(2)11-9-12-21(26)3)27(25)31-28(32)22-15-17-23(18-16-22)29(4,5)6/h9-18,30H,7-8,19H2,1-6H3. The molecule has 32 heavy (non-hydrogen) atoms. The molecule has 0 saturated carbocycles. The van der Waals surface area contributed by atoms with E-state index in [1.165, 1.54) is 33.5 Å². The smallest absolute Gasteiger partial charge is 0.141 e. The van der Waals surface area contributed by atoms with Crippen molar-refractivity contribution in [3.63, 3.8) is 0 Å². The number of anilines is 2. The Hall–Kier alpha value is -3.07. The van der Waals surface area contributed by atoms with Crippen LogP contribution >= 0.6 is 0 Å². The van der Waals surface area contributed by atoms with Crippen LogP contribution < -0.4 is 5.32 Å². The lowest BCUT2D eigenvalue weighted by Gasteiger charge is -2.19. The number of hydrogen-bond donors (Lipinski definition) is 1. The second kappa shape index (κ2) is 8.82. The minimum atomic E-state index is 0.142. The number of nitrogens with zero attached hydrogens (tertiary/aromatic N) is 2. The Bertz CT molecular complexity index is 1200. The van der Waals surface area contributed by atoms with E-state index in [9.17, 15) is 0 Å². The molecule has 0 aliphatic carbocycles. The number of rotatable bonds is 6. The van der Waals surface area contributed by atoms with E-state index in [0.717, 1.165) is 36.4 Å². The van der Waals surface area contributed by atoms with E-state index in [1.54, 1.807) is 0 Å². The van der Waals surface area contributed by atoms with Crippen molar-refractivity contribution in [2.75, 3.05) is 5.32 Å². The Morgan fingerprint density at radius 1 is 0.875 bits per heavy atom. The molecular formula is C29H35N3. The topological polar surface area (TPSA) is 29.9 Å². The van der Waals surface area contributed by atoms with Crippen LogP contribution in [0.15, 0.2) is 60.7 Å². The lowest BCUT2D eigenvalue weighted by Crippen LogP contribution is -2.10. The molecule has 1 heterocycles. The van der Waals surface area contributed by atoms with E-state index in [-0.39, 0.29) is 5.41 Å². The van der Waals surface area contributed by atoms with Gasteiger partial charge in [-0.1, -0.05) is 82.6 Å². The molecule has 4 rings (SSSR count). The van der Waals surface area contributed by atoms with E-state index < -0.39 is 0 Å². The highest BCUT2D eigenvalue weighted by atomic mass is 15.1. The molecule has 1 aromatic heterocycles. The molecule has 0 spiro atoms. The van der Waals surface area contributed by atoms with Gasteiger partial charge < -0.3 is 9.88 Å². The SMILES string of the molecule is CCCCn1c(-c2ccc(C(C)(C)C)cc2)nc2c(Nc3c(C)cccc3C)cccc21. The Labute approximate surface area is 192 Å². The minimum absolute atomic E-state index is 0.142. The average Bonchev–Trinajstić information content (AvgIpc) is 3.14. The zero-order chi connectivity index (χ0) is 22.9. The first-order valence-electron chi connectivity index (χ1n) is 11.7. The molecule has 3 heteroatoms. The van der Waals surface area contributed by atoms with Gasteiger partial charge in [-0.05, 0) is 54.5 Å². The van der Waals surface area contributed by atoms with Crippen LogP contribution in [0.1, 0.15) is 57.2 Å². The number of unbranched alkanes of at least 4 members (excludes halogenated alkanes) is 1. The molecule has 0 fully saturated rings. The molecule has 1 N–H and O–H groups in total. The summed E-state index contributed by atoms with van der Waals surface area (Å²) in [6.07, 6.45) is 2.29. The van der Waals surface area contributed by atoms with Gasteiger partial charge in [0.05, 0.1) is 11.2 Å². The lowest BCUT2D eigenvalue weighted by molar-refractivity contribution is 0.590. The molecule has 166 valence electrons. The third kappa shape index (κ3) is 4.29. The predicted octanol–water partition coefficient (Wildman–Crippen LogP) is 8.16. The summed E-state index contributed by atoms with van der Waals surface area (Å²) in [5.74, 6) is 1.05. The van der Waals surface area contributed by atoms with Crippen molar-refractivity contribution in [2.45, 2.75) is 66.3 Å².